The summed E-state index contributed by atoms with van der Waals surface area (Å²) in [4.78, 5) is 32.4. The molecule has 0 radical (unpaired) electrons. The van der Waals surface area contributed by atoms with E-state index in [1.165, 1.54) is 21.6 Å². The van der Waals surface area contributed by atoms with Crippen LogP contribution in [0.1, 0.15) is 47.9 Å². The minimum Gasteiger partial charge on any atom is -0.339 e. The van der Waals surface area contributed by atoms with E-state index < -0.39 is 0 Å². The Labute approximate surface area is 183 Å². The molecule has 2 aliphatic heterocycles. The fraction of sp³-hybridized carbons (Fsp3) is 0.500. The molecule has 0 bridgehead atoms. The van der Waals surface area contributed by atoms with Crippen LogP contribution >= 0.6 is 11.3 Å². The largest absolute Gasteiger partial charge is 0.339 e. The molecule has 2 aromatic rings. The van der Waals surface area contributed by atoms with Crippen molar-refractivity contribution in [1.82, 2.24) is 14.7 Å². The van der Waals surface area contributed by atoms with Crippen LogP contribution in [0.25, 0.3) is 0 Å². The molecule has 2 aliphatic rings. The summed E-state index contributed by atoms with van der Waals surface area (Å²) in [6.45, 7) is 9.45. The Morgan fingerprint density at radius 1 is 1.10 bits per heavy atom. The Balaban J connectivity index is 1.45. The van der Waals surface area contributed by atoms with Crippen molar-refractivity contribution in [3.8, 4) is 0 Å². The number of thiophene rings is 1. The highest BCUT2D eigenvalue weighted by atomic mass is 32.1. The molecule has 4 rings (SSSR count). The van der Waals surface area contributed by atoms with E-state index in [4.69, 9.17) is 0 Å². The maximum Gasteiger partial charge on any atom is 0.223 e. The van der Waals surface area contributed by atoms with Gasteiger partial charge in [-0.15, -0.1) is 11.3 Å². The third kappa shape index (κ3) is 4.16. The van der Waals surface area contributed by atoms with Gasteiger partial charge in [0.15, 0.2) is 0 Å². The normalized spacial score (nSPS) is 22.1. The zero-order chi connectivity index (χ0) is 21.3. The predicted octanol–water partition coefficient (Wildman–Crippen LogP) is 3.47. The average molecular weight is 426 g/mol. The minimum absolute atomic E-state index is 0.0864. The molecule has 2 atom stereocenters. The zero-order valence-electron chi connectivity index (χ0n) is 18.1. The Bertz CT molecular complexity index is 925. The first-order chi connectivity index (χ1) is 14.5. The Kier molecular flexibility index (Phi) is 6.25. The van der Waals surface area contributed by atoms with Crippen molar-refractivity contribution < 1.29 is 9.59 Å². The summed E-state index contributed by atoms with van der Waals surface area (Å²) < 4.78 is 0. The number of hydrogen-bond acceptors (Lipinski definition) is 4. The van der Waals surface area contributed by atoms with Gasteiger partial charge in [0.25, 0.3) is 0 Å². The molecule has 1 aromatic carbocycles. The highest BCUT2D eigenvalue weighted by molar-refractivity contribution is 7.10. The number of piperazine rings is 1. The van der Waals surface area contributed by atoms with Gasteiger partial charge < -0.3 is 9.80 Å². The Morgan fingerprint density at radius 3 is 2.63 bits per heavy atom. The first-order valence-corrected chi connectivity index (χ1v) is 11.7. The molecule has 2 amide bonds. The number of aryl methyl sites for hydroxylation is 1. The number of hydrogen-bond donors (Lipinski definition) is 0. The van der Waals surface area contributed by atoms with Crippen molar-refractivity contribution in [3.63, 3.8) is 0 Å². The lowest BCUT2D eigenvalue weighted by atomic mass is 9.90. The number of carbonyl (C=O) groups is 2. The quantitative estimate of drug-likeness (QED) is 0.753. The molecule has 0 N–H and O–H groups in total. The van der Waals surface area contributed by atoms with Crippen molar-refractivity contribution in [2.24, 2.45) is 0 Å². The van der Waals surface area contributed by atoms with E-state index in [1.54, 1.807) is 6.92 Å². The van der Waals surface area contributed by atoms with Crippen LogP contribution in [-0.2, 0) is 16.0 Å². The van der Waals surface area contributed by atoms with Crippen LogP contribution in [0.3, 0.4) is 0 Å². The third-order valence-corrected chi connectivity index (χ3v) is 7.54. The summed E-state index contributed by atoms with van der Waals surface area (Å²) in [5, 5.41) is 2.19. The molecular formula is C24H31N3O2S. The van der Waals surface area contributed by atoms with Crippen molar-refractivity contribution in [1.29, 1.82) is 0 Å². The van der Waals surface area contributed by atoms with Crippen molar-refractivity contribution in [2.75, 3.05) is 32.7 Å². The summed E-state index contributed by atoms with van der Waals surface area (Å²) >= 11 is 1.85. The van der Waals surface area contributed by atoms with Crippen LogP contribution in [0.5, 0.6) is 0 Å². The van der Waals surface area contributed by atoms with E-state index in [2.05, 4.69) is 47.5 Å². The minimum atomic E-state index is 0.0864. The molecule has 0 spiro atoms. The zero-order valence-corrected chi connectivity index (χ0v) is 19.0. The highest BCUT2D eigenvalue weighted by Crippen LogP contribution is 2.38. The fourth-order valence-corrected chi connectivity index (χ4v) is 5.82. The smallest absolute Gasteiger partial charge is 0.223 e. The van der Waals surface area contributed by atoms with Gasteiger partial charge in [-0.2, -0.15) is 0 Å². The van der Waals surface area contributed by atoms with Crippen molar-refractivity contribution in [3.05, 3.63) is 57.3 Å². The van der Waals surface area contributed by atoms with Crippen LogP contribution in [0, 0.1) is 6.92 Å². The van der Waals surface area contributed by atoms with Crippen molar-refractivity contribution >= 4 is 23.2 Å². The monoisotopic (exact) mass is 425 g/mol. The Hall–Kier alpha value is -2.18. The van der Waals surface area contributed by atoms with Crippen LogP contribution in [0.15, 0.2) is 35.7 Å². The average Bonchev–Trinajstić information content (AvgIpc) is 3.20. The summed E-state index contributed by atoms with van der Waals surface area (Å²) in [6, 6.07) is 11.2. The van der Waals surface area contributed by atoms with Gasteiger partial charge in [0.2, 0.25) is 11.8 Å². The number of benzene rings is 1. The molecule has 2 unspecified atom stereocenters. The van der Waals surface area contributed by atoms with E-state index >= 15 is 0 Å². The highest BCUT2D eigenvalue weighted by Gasteiger charge is 2.32. The lowest BCUT2D eigenvalue weighted by Gasteiger charge is -2.40. The van der Waals surface area contributed by atoms with E-state index in [0.717, 1.165) is 19.5 Å². The van der Waals surface area contributed by atoms with Gasteiger partial charge in [-0.05, 0) is 48.4 Å². The van der Waals surface area contributed by atoms with Gasteiger partial charge in [0.1, 0.15) is 0 Å². The first-order valence-electron chi connectivity index (χ1n) is 10.9. The summed E-state index contributed by atoms with van der Waals surface area (Å²) in [5.41, 5.74) is 4.04. The maximum absolute atomic E-state index is 13.0. The van der Waals surface area contributed by atoms with Gasteiger partial charge in [0.05, 0.1) is 6.04 Å². The van der Waals surface area contributed by atoms with Crippen LogP contribution in [0.2, 0.25) is 0 Å². The molecule has 1 aromatic heterocycles. The van der Waals surface area contributed by atoms with Crippen LogP contribution in [0.4, 0.5) is 0 Å². The molecule has 6 heteroatoms. The molecule has 0 aliphatic carbocycles. The lowest BCUT2D eigenvalue weighted by Crippen LogP contribution is -2.55. The topological polar surface area (TPSA) is 43.9 Å². The second-order valence-electron chi connectivity index (χ2n) is 8.50. The molecule has 1 fully saturated rings. The third-order valence-electron chi connectivity index (χ3n) is 6.55. The first kappa shape index (κ1) is 21.1. The second-order valence-corrected chi connectivity index (χ2v) is 9.50. The molecule has 160 valence electrons. The molecule has 3 heterocycles. The molecule has 30 heavy (non-hydrogen) atoms. The van der Waals surface area contributed by atoms with Crippen LogP contribution < -0.4 is 0 Å². The van der Waals surface area contributed by atoms with E-state index in [1.807, 2.05) is 28.1 Å². The van der Waals surface area contributed by atoms with Gasteiger partial charge in [-0.1, -0.05) is 24.3 Å². The number of amides is 2. The summed E-state index contributed by atoms with van der Waals surface area (Å²) in [6.07, 6.45) is 1.58. The molecule has 0 saturated carbocycles. The lowest BCUT2D eigenvalue weighted by molar-refractivity contribution is -0.141. The summed E-state index contributed by atoms with van der Waals surface area (Å²) in [5.74, 6) is 0.292. The maximum atomic E-state index is 13.0. The molecular weight excluding hydrogens is 394 g/mol. The summed E-state index contributed by atoms with van der Waals surface area (Å²) in [7, 11) is 0. The second kappa shape index (κ2) is 8.90. The van der Waals surface area contributed by atoms with Crippen molar-refractivity contribution in [2.45, 2.75) is 45.7 Å². The number of carbonyl (C=O) groups excluding carboxylic acids is 2. The van der Waals surface area contributed by atoms with E-state index in [0.29, 0.717) is 26.1 Å². The number of rotatable bonds is 4. The predicted molar refractivity (Wildman–Crippen MR) is 121 cm³/mol. The number of nitrogens with zero attached hydrogens (tertiary/aromatic N) is 3. The molecule has 5 nitrogen and oxygen atoms in total. The van der Waals surface area contributed by atoms with Gasteiger partial charge in [0, 0.05) is 57.0 Å². The fourth-order valence-electron chi connectivity index (χ4n) is 4.92. The Morgan fingerprint density at radius 2 is 1.90 bits per heavy atom. The standard InChI is InChI=1S/C24H31N3O2S/c1-17-6-4-5-7-20(17)24-21-10-15-30-22(21)8-11-25(24)12-9-23(29)26-13-14-27(19(3)28)18(2)16-26/h4-7,10,15,18,24H,8-9,11-14,16H2,1-3H3. The van der Waals surface area contributed by atoms with Gasteiger partial charge >= 0.3 is 0 Å². The number of fused-ring (bicyclic) bond motifs is 1. The van der Waals surface area contributed by atoms with Crippen LogP contribution in [-0.4, -0.2) is 65.3 Å². The SMILES string of the molecule is CC(=O)N1CCN(C(=O)CCN2CCc3sccc3C2c2ccccc2C)CC1C. The molecule has 1 saturated heterocycles. The van der Waals surface area contributed by atoms with E-state index in [9.17, 15) is 9.59 Å². The van der Waals surface area contributed by atoms with Gasteiger partial charge in [-0.3, -0.25) is 14.5 Å². The van der Waals surface area contributed by atoms with Gasteiger partial charge in [-0.25, -0.2) is 0 Å². The van der Waals surface area contributed by atoms with E-state index in [-0.39, 0.29) is 23.9 Å².